The number of aromatic nitrogens is 1. The topological polar surface area (TPSA) is 34.4 Å². The lowest BCUT2D eigenvalue weighted by Gasteiger charge is -2.04. The summed E-state index contributed by atoms with van der Waals surface area (Å²) >= 11 is 1.56. The standard InChI is InChI=1S/C19H20N2OS/c1-12-8-9-15(14(3)10-12)11-17(22)20-19-21(4)18-13(2)6-5-7-16(18)23-19/h5-10H,11H2,1-4H3. The molecular formula is C19H20N2OS. The van der Waals surface area contributed by atoms with E-state index in [1.54, 1.807) is 11.3 Å². The minimum Gasteiger partial charge on any atom is -0.319 e. The zero-order valence-electron chi connectivity index (χ0n) is 13.9. The van der Waals surface area contributed by atoms with Gasteiger partial charge in [0.05, 0.1) is 16.6 Å². The molecule has 0 atom stereocenters. The molecule has 4 heteroatoms. The Hall–Kier alpha value is -2.20. The number of carbonyl (C=O) groups is 1. The summed E-state index contributed by atoms with van der Waals surface area (Å²) in [6.45, 7) is 6.18. The molecule has 1 heterocycles. The predicted molar refractivity (Wildman–Crippen MR) is 95.7 cm³/mol. The van der Waals surface area contributed by atoms with E-state index in [-0.39, 0.29) is 5.91 Å². The molecule has 0 unspecified atom stereocenters. The van der Waals surface area contributed by atoms with Crippen molar-refractivity contribution in [3.63, 3.8) is 0 Å². The van der Waals surface area contributed by atoms with Crippen LogP contribution in [0.15, 0.2) is 41.4 Å². The van der Waals surface area contributed by atoms with Crippen molar-refractivity contribution in [1.82, 2.24) is 4.57 Å². The first kappa shape index (κ1) is 15.7. The molecule has 0 aliphatic rings. The van der Waals surface area contributed by atoms with Crippen molar-refractivity contribution in [2.24, 2.45) is 12.0 Å². The van der Waals surface area contributed by atoms with Gasteiger partial charge in [-0.2, -0.15) is 4.99 Å². The summed E-state index contributed by atoms with van der Waals surface area (Å²) in [7, 11) is 1.97. The minimum absolute atomic E-state index is 0.100. The van der Waals surface area contributed by atoms with Crippen LogP contribution >= 0.6 is 11.3 Å². The molecule has 3 rings (SSSR count). The molecule has 0 aliphatic heterocycles. The number of para-hydroxylation sites is 1. The fourth-order valence-corrected chi connectivity index (χ4v) is 3.97. The number of rotatable bonds is 2. The van der Waals surface area contributed by atoms with Gasteiger partial charge in [0.15, 0.2) is 4.80 Å². The van der Waals surface area contributed by atoms with Gasteiger partial charge in [-0.1, -0.05) is 47.2 Å². The Morgan fingerprint density at radius 3 is 2.61 bits per heavy atom. The molecule has 0 aliphatic carbocycles. The molecule has 0 spiro atoms. The van der Waals surface area contributed by atoms with Gasteiger partial charge in [0.2, 0.25) is 0 Å². The van der Waals surface area contributed by atoms with Crippen LogP contribution in [0.25, 0.3) is 10.2 Å². The van der Waals surface area contributed by atoms with Gasteiger partial charge in [-0.15, -0.1) is 0 Å². The first-order valence-electron chi connectivity index (χ1n) is 7.64. The second-order valence-electron chi connectivity index (χ2n) is 5.98. The van der Waals surface area contributed by atoms with Gasteiger partial charge in [-0.05, 0) is 43.5 Å². The van der Waals surface area contributed by atoms with E-state index in [9.17, 15) is 4.79 Å². The number of carbonyl (C=O) groups excluding carboxylic acids is 1. The van der Waals surface area contributed by atoms with E-state index in [0.717, 1.165) is 26.1 Å². The normalized spacial score (nSPS) is 12.1. The van der Waals surface area contributed by atoms with Crippen molar-refractivity contribution in [2.45, 2.75) is 27.2 Å². The second-order valence-corrected chi connectivity index (χ2v) is 6.99. The Morgan fingerprint density at radius 2 is 1.91 bits per heavy atom. The zero-order chi connectivity index (χ0) is 16.6. The average Bonchev–Trinajstić information content (AvgIpc) is 2.80. The molecule has 0 saturated carbocycles. The molecular weight excluding hydrogens is 304 g/mol. The van der Waals surface area contributed by atoms with Crippen LogP contribution in [-0.4, -0.2) is 10.5 Å². The lowest BCUT2D eigenvalue weighted by Crippen LogP contribution is -2.14. The van der Waals surface area contributed by atoms with Gasteiger partial charge in [-0.3, -0.25) is 4.79 Å². The molecule has 0 saturated heterocycles. The van der Waals surface area contributed by atoms with E-state index < -0.39 is 0 Å². The van der Waals surface area contributed by atoms with Crippen molar-refractivity contribution in [3.05, 3.63) is 63.5 Å². The van der Waals surface area contributed by atoms with Crippen LogP contribution in [0.1, 0.15) is 22.3 Å². The van der Waals surface area contributed by atoms with Crippen LogP contribution in [0.4, 0.5) is 0 Å². The lowest BCUT2D eigenvalue weighted by atomic mass is 10.0. The molecule has 0 bridgehead atoms. The van der Waals surface area contributed by atoms with E-state index in [0.29, 0.717) is 6.42 Å². The molecule has 3 aromatic rings. The van der Waals surface area contributed by atoms with Crippen molar-refractivity contribution in [1.29, 1.82) is 0 Å². The first-order chi connectivity index (χ1) is 11.0. The fraction of sp³-hybridized carbons (Fsp3) is 0.263. The highest BCUT2D eigenvalue weighted by molar-refractivity contribution is 7.16. The second kappa shape index (κ2) is 6.13. The van der Waals surface area contributed by atoms with Crippen molar-refractivity contribution in [3.8, 4) is 0 Å². The van der Waals surface area contributed by atoms with Crippen LogP contribution in [0, 0.1) is 20.8 Å². The Kier molecular flexibility index (Phi) is 4.18. The summed E-state index contributed by atoms with van der Waals surface area (Å²) in [6.07, 6.45) is 0.347. The third-order valence-electron chi connectivity index (χ3n) is 4.08. The number of benzene rings is 2. The van der Waals surface area contributed by atoms with E-state index in [1.807, 2.05) is 36.7 Å². The molecule has 0 N–H and O–H groups in total. The van der Waals surface area contributed by atoms with Gasteiger partial charge in [-0.25, -0.2) is 0 Å². The Balaban J connectivity index is 1.97. The monoisotopic (exact) mass is 324 g/mol. The number of thiazole rings is 1. The third kappa shape index (κ3) is 3.13. The first-order valence-corrected chi connectivity index (χ1v) is 8.46. The van der Waals surface area contributed by atoms with Gasteiger partial charge >= 0.3 is 0 Å². The van der Waals surface area contributed by atoms with Crippen LogP contribution in [0.2, 0.25) is 0 Å². The number of fused-ring (bicyclic) bond motifs is 1. The summed E-state index contributed by atoms with van der Waals surface area (Å²) in [5.41, 5.74) is 5.75. The van der Waals surface area contributed by atoms with Gasteiger partial charge in [0.1, 0.15) is 0 Å². The summed E-state index contributed by atoms with van der Waals surface area (Å²) in [5.74, 6) is -0.100. The molecule has 0 fully saturated rings. The lowest BCUT2D eigenvalue weighted by molar-refractivity contribution is -0.117. The smallest absolute Gasteiger partial charge is 0.252 e. The SMILES string of the molecule is Cc1ccc(CC(=O)N=c2sc3cccc(C)c3n2C)c(C)c1. The highest BCUT2D eigenvalue weighted by atomic mass is 32.1. The highest BCUT2D eigenvalue weighted by Crippen LogP contribution is 2.19. The van der Waals surface area contributed by atoms with Gasteiger partial charge < -0.3 is 4.57 Å². The summed E-state index contributed by atoms with van der Waals surface area (Å²) in [4.78, 5) is 17.5. The number of hydrogen-bond acceptors (Lipinski definition) is 2. The van der Waals surface area contributed by atoms with Crippen LogP contribution in [-0.2, 0) is 18.3 Å². The maximum atomic E-state index is 12.4. The number of aryl methyl sites for hydroxylation is 4. The average molecular weight is 324 g/mol. The minimum atomic E-state index is -0.100. The van der Waals surface area contributed by atoms with E-state index >= 15 is 0 Å². The van der Waals surface area contributed by atoms with Crippen molar-refractivity contribution >= 4 is 27.5 Å². The van der Waals surface area contributed by atoms with Crippen molar-refractivity contribution in [2.75, 3.05) is 0 Å². The van der Waals surface area contributed by atoms with E-state index in [1.165, 1.54) is 11.1 Å². The summed E-state index contributed by atoms with van der Waals surface area (Å²) in [6, 6.07) is 12.4. The molecule has 0 radical (unpaired) electrons. The third-order valence-corrected chi connectivity index (χ3v) is 5.18. The summed E-state index contributed by atoms with van der Waals surface area (Å²) in [5, 5.41) is 0. The molecule has 2 aromatic carbocycles. The maximum absolute atomic E-state index is 12.4. The molecule has 118 valence electrons. The maximum Gasteiger partial charge on any atom is 0.252 e. The number of hydrogen-bond donors (Lipinski definition) is 0. The fourth-order valence-electron chi connectivity index (χ4n) is 2.86. The van der Waals surface area contributed by atoms with E-state index in [2.05, 4.69) is 37.0 Å². The molecule has 3 nitrogen and oxygen atoms in total. The van der Waals surface area contributed by atoms with Gasteiger partial charge in [0, 0.05) is 7.05 Å². The van der Waals surface area contributed by atoms with Gasteiger partial charge in [0.25, 0.3) is 5.91 Å². The van der Waals surface area contributed by atoms with Crippen LogP contribution in [0.5, 0.6) is 0 Å². The largest absolute Gasteiger partial charge is 0.319 e. The zero-order valence-corrected chi connectivity index (χ0v) is 14.7. The predicted octanol–water partition coefficient (Wildman–Crippen LogP) is 3.84. The number of nitrogens with zero attached hydrogens (tertiary/aromatic N) is 2. The Morgan fingerprint density at radius 1 is 1.13 bits per heavy atom. The van der Waals surface area contributed by atoms with Crippen LogP contribution < -0.4 is 4.80 Å². The number of amides is 1. The molecule has 23 heavy (non-hydrogen) atoms. The molecule has 1 aromatic heterocycles. The Bertz CT molecular complexity index is 963. The van der Waals surface area contributed by atoms with Crippen LogP contribution in [0.3, 0.4) is 0 Å². The van der Waals surface area contributed by atoms with E-state index in [4.69, 9.17) is 0 Å². The Labute approximate surface area is 139 Å². The quantitative estimate of drug-likeness (QED) is 0.705. The highest BCUT2D eigenvalue weighted by Gasteiger charge is 2.08. The molecule has 1 amide bonds. The van der Waals surface area contributed by atoms with Crippen molar-refractivity contribution < 1.29 is 4.79 Å². The summed E-state index contributed by atoms with van der Waals surface area (Å²) < 4.78 is 3.17.